The number of alkyl halides is 3. The third kappa shape index (κ3) is 11.0. The number of benzene rings is 3. The molecule has 262 valence electrons. The molecule has 0 aliphatic carbocycles. The van der Waals surface area contributed by atoms with Crippen molar-refractivity contribution in [2.24, 2.45) is 0 Å². The second-order valence-corrected chi connectivity index (χ2v) is 12.0. The van der Waals surface area contributed by atoms with Gasteiger partial charge in [0.05, 0.1) is 26.2 Å². The molecule has 0 unspecified atom stereocenters. The van der Waals surface area contributed by atoms with Crippen LogP contribution in [0.2, 0.25) is 5.02 Å². The molecule has 2 N–H and O–H groups in total. The molecule has 2 aliphatic heterocycles. The van der Waals surface area contributed by atoms with Gasteiger partial charge in [-0.05, 0) is 65.8 Å². The molecule has 9 nitrogen and oxygen atoms in total. The largest absolute Gasteiger partial charge is 0.496 e. The number of para-hydroxylation sites is 1. The molecule has 0 saturated carbocycles. The lowest BCUT2D eigenvalue weighted by Gasteiger charge is -2.44. The summed E-state index contributed by atoms with van der Waals surface area (Å²) in [7, 11) is 1.59. The zero-order valence-corrected chi connectivity index (χ0v) is 27.9. The van der Waals surface area contributed by atoms with Gasteiger partial charge in [-0.25, -0.2) is 4.79 Å². The molecule has 13 heteroatoms. The second kappa shape index (κ2) is 17.2. The van der Waals surface area contributed by atoms with E-state index in [1.54, 1.807) is 14.0 Å². The first-order chi connectivity index (χ1) is 23.3. The average Bonchev–Trinajstić information content (AvgIpc) is 3.06. The van der Waals surface area contributed by atoms with E-state index in [0.29, 0.717) is 30.5 Å². The lowest BCUT2D eigenvalue weighted by molar-refractivity contribution is -0.192. The Morgan fingerprint density at radius 2 is 1.73 bits per heavy atom. The number of amides is 1. The number of ether oxygens (including phenoxy) is 3. The normalized spacial score (nSPS) is 17.1. The predicted molar refractivity (Wildman–Crippen MR) is 178 cm³/mol. The molecule has 0 radical (unpaired) electrons. The smallest absolute Gasteiger partial charge is 0.490 e. The van der Waals surface area contributed by atoms with Gasteiger partial charge >= 0.3 is 18.1 Å². The number of aryl methyl sites for hydroxylation is 1. The van der Waals surface area contributed by atoms with Gasteiger partial charge in [-0.15, -0.1) is 0 Å². The molecule has 2 heterocycles. The van der Waals surface area contributed by atoms with Crippen molar-refractivity contribution in [3.05, 3.63) is 100 Å². The lowest BCUT2D eigenvalue weighted by atomic mass is 9.83. The fourth-order valence-corrected chi connectivity index (χ4v) is 5.91. The van der Waals surface area contributed by atoms with Crippen molar-refractivity contribution in [1.29, 1.82) is 0 Å². The van der Waals surface area contributed by atoms with Crippen LogP contribution in [-0.2, 0) is 32.0 Å². The van der Waals surface area contributed by atoms with Crippen molar-refractivity contribution in [2.45, 2.75) is 50.9 Å². The number of carbonyl (C=O) groups is 3. The molecule has 5 rings (SSSR count). The van der Waals surface area contributed by atoms with E-state index in [1.807, 2.05) is 53.4 Å². The minimum Gasteiger partial charge on any atom is -0.496 e. The molecule has 2 bridgehead atoms. The van der Waals surface area contributed by atoms with Crippen LogP contribution in [0, 0.1) is 0 Å². The molecule has 3 aromatic rings. The van der Waals surface area contributed by atoms with Gasteiger partial charge in [-0.3, -0.25) is 9.59 Å². The van der Waals surface area contributed by atoms with Crippen LogP contribution >= 0.6 is 11.6 Å². The Balaban J connectivity index is 0.000000698. The molecule has 1 saturated heterocycles. The van der Waals surface area contributed by atoms with Crippen LogP contribution in [-0.4, -0.2) is 79.5 Å². The van der Waals surface area contributed by atoms with Crippen molar-refractivity contribution >= 4 is 35.0 Å². The summed E-state index contributed by atoms with van der Waals surface area (Å²) in [5.74, 6) is -1.57. The van der Waals surface area contributed by atoms with Crippen LogP contribution in [0.1, 0.15) is 36.5 Å². The van der Waals surface area contributed by atoms with E-state index in [1.165, 1.54) is 11.1 Å². The minimum absolute atomic E-state index is 0.0613. The first-order valence-electron chi connectivity index (χ1n) is 15.6. The molecular weight excluding hydrogens is 665 g/mol. The topological polar surface area (TPSA) is 114 Å². The summed E-state index contributed by atoms with van der Waals surface area (Å²) in [6, 6.07) is 23.6. The minimum atomic E-state index is -5.08. The summed E-state index contributed by atoms with van der Waals surface area (Å²) in [6.07, 6.45) is -2.42. The van der Waals surface area contributed by atoms with E-state index in [-0.39, 0.29) is 37.0 Å². The molecule has 0 spiro atoms. The fraction of sp³-hybridized carbons (Fsp3) is 0.361. The molecule has 49 heavy (non-hydrogen) atoms. The molecule has 2 aliphatic rings. The second-order valence-electron chi connectivity index (χ2n) is 11.6. The summed E-state index contributed by atoms with van der Waals surface area (Å²) >= 11 is 6.04. The number of rotatable bonds is 11. The predicted octanol–water partition coefficient (Wildman–Crippen LogP) is 6.13. The molecule has 1 fully saturated rings. The highest BCUT2D eigenvalue weighted by Crippen LogP contribution is 2.34. The Morgan fingerprint density at radius 3 is 2.39 bits per heavy atom. The maximum absolute atomic E-state index is 12.9. The number of hydrogen-bond acceptors (Lipinski definition) is 7. The van der Waals surface area contributed by atoms with Gasteiger partial charge in [0.1, 0.15) is 18.1 Å². The Bertz CT molecular complexity index is 1650. The van der Waals surface area contributed by atoms with Crippen molar-refractivity contribution < 1.29 is 46.9 Å². The summed E-state index contributed by atoms with van der Waals surface area (Å²) in [6.45, 7) is 3.61. The van der Waals surface area contributed by atoms with Gasteiger partial charge in [0.25, 0.3) is 0 Å². The number of carboxylic acids is 1. The van der Waals surface area contributed by atoms with Crippen LogP contribution in [0.15, 0.2) is 78.4 Å². The van der Waals surface area contributed by atoms with Crippen LogP contribution < -0.4 is 14.8 Å². The number of methoxy groups -OCH3 is 1. The Hall–Kier alpha value is -4.55. The Labute approximate surface area is 287 Å². The third-order valence-electron chi connectivity index (χ3n) is 8.12. The van der Waals surface area contributed by atoms with Crippen molar-refractivity contribution in [3.63, 3.8) is 0 Å². The molecule has 2 atom stereocenters. The third-order valence-corrected chi connectivity index (χ3v) is 8.36. The number of hydrogen-bond donors (Lipinski definition) is 2. The van der Waals surface area contributed by atoms with Gasteiger partial charge in [0.15, 0.2) is 0 Å². The first-order valence-corrected chi connectivity index (χ1v) is 16.0. The van der Waals surface area contributed by atoms with Crippen molar-refractivity contribution in [2.75, 3.05) is 33.4 Å². The SMILES string of the molecule is COc1ccccc1CC(=O)OCC1=C(c2ccc(CCCOc3cccc(Cl)c3)cc2)C[C@@H]2CN(C(C)=O)C[C@H]1N2.O=C(O)C(F)(F)F. The zero-order chi connectivity index (χ0) is 35.6. The van der Waals surface area contributed by atoms with Crippen LogP contribution in [0.5, 0.6) is 11.5 Å². The molecule has 1 amide bonds. The van der Waals surface area contributed by atoms with E-state index in [2.05, 4.69) is 29.6 Å². The van der Waals surface area contributed by atoms with Gasteiger partial charge in [-0.1, -0.05) is 60.1 Å². The van der Waals surface area contributed by atoms with E-state index >= 15 is 0 Å². The highest BCUT2D eigenvalue weighted by molar-refractivity contribution is 6.30. The van der Waals surface area contributed by atoms with Crippen LogP contribution in [0.3, 0.4) is 0 Å². The van der Waals surface area contributed by atoms with Gasteiger partial charge < -0.3 is 29.5 Å². The number of carbonyl (C=O) groups excluding carboxylic acids is 2. The zero-order valence-electron chi connectivity index (χ0n) is 27.1. The van der Waals surface area contributed by atoms with Gasteiger partial charge in [0, 0.05) is 36.6 Å². The summed E-state index contributed by atoms with van der Waals surface area (Å²) < 4.78 is 48.8. The summed E-state index contributed by atoms with van der Waals surface area (Å²) in [5.41, 5.74) is 5.35. The average molecular weight is 703 g/mol. The number of aliphatic carboxylic acids is 1. The van der Waals surface area contributed by atoms with Crippen LogP contribution in [0.25, 0.3) is 5.57 Å². The van der Waals surface area contributed by atoms with E-state index in [0.717, 1.165) is 41.7 Å². The standard InChI is InChI=1S/C34H37ClN2O5.C2HF3O2/c1-23(38)37-20-28-19-30(25-14-12-24(13-15-25)7-6-16-41-29-10-5-9-27(35)18-29)31(32(21-37)36-28)22-42-34(39)17-26-8-3-4-11-33(26)40-2;3-2(4,5)1(6)7/h3-5,8-15,18,28,32,36H,6-7,16-17,19-22H2,1-2H3;(H,6,7)/t28-,32-;/m1./s1. The van der Waals surface area contributed by atoms with Crippen molar-refractivity contribution in [3.8, 4) is 11.5 Å². The van der Waals surface area contributed by atoms with E-state index < -0.39 is 12.1 Å². The molecular formula is C36H38ClF3N2O7. The number of piperazine rings is 1. The van der Waals surface area contributed by atoms with E-state index in [4.69, 9.17) is 35.7 Å². The quantitative estimate of drug-likeness (QED) is 0.181. The molecule has 0 aromatic heterocycles. The first kappa shape index (κ1) is 37.3. The maximum atomic E-state index is 12.9. The Morgan fingerprint density at radius 1 is 1.02 bits per heavy atom. The monoisotopic (exact) mass is 702 g/mol. The van der Waals surface area contributed by atoms with E-state index in [9.17, 15) is 22.8 Å². The number of esters is 1. The highest BCUT2D eigenvalue weighted by Gasteiger charge is 2.38. The number of nitrogens with zero attached hydrogens (tertiary/aromatic N) is 1. The van der Waals surface area contributed by atoms with Crippen molar-refractivity contribution in [1.82, 2.24) is 10.2 Å². The highest BCUT2D eigenvalue weighted by atomic mass is 35.5. The summed E-state index contributed by atoms with van der Waals surface area (Å²) in [5, 5.41) is 11.4. The Kier molecular flexibility index (Phi) is 13.1. The lowest BCUT2D eigenvalue weighted by Crippen LogP contribution is -2.60. The van der Waals surface area contributed by atoms with Gasteiger partial charge in [0.2, 0.25) is 5.91 Å². The summed E-state index contributed by atoms with van der Waals surface area (Å²) in [4.78, 5) is 35.9. The number of carboxylic acid groups (broad SMARTS) is 1. The fourth-order valence-electron chi connectivity index (χ4n) is 5.73. The number of fused-ring (bicyclic) bond motifs is 2. The molecule has 3 aromatic carbocycles. The maximum Gasteiger partial charge on any atom is 0.490 e. The number of halogens is 4. The van der Waals surface area contributed by atoms with Gasteiger partial charge in [-0.2, -0.15) is 13.2 Å². The number of nitrogens with one attached hydrogen (secondary N) is 1. The van der Waals surface area contributed by atoms with Crippen LogP contribution in [0.4, 0.5) is 13.2 Å².